The zero-order chi connectivity index (χ0) is 24.6. The van der Waals surface area contributed by atoms with Crippen LogP contribution in [0.2, 0.25) is 0 Å². The molecule has 0 aliphatic carbocycles. The highest BCUT2D eigenvalue weighted by Crippen LogP contribution is 2.34. The number of nitrogens with zero attached hydrogens (tertiary/aromatic N) is 2. The highest BCUT2D eigenvalue weighted by Gasteiger charge is 2.33. The monoisotopic (exact) mass is 502 g/mol. The number of benzene rings is 1. The molecule has 1 aromatic carbocycles. The quantitative estimate of drug-likeness (QED) is 0.405. The number of halogens is 1. The minimum Gasteiger partial charge on any atom is -0.491 e. The largest absolute Gasteiger partial charge is 0.491 e. The second-order valence-electron chi connectivity index (χ2n) is 8.48. The molecule has 0 saturated carbocycles. The van der Waals surface area contributed by atoms with Crippen LogP contribution in [0.25, 0.3) is 0 Å². The van der Waals surface area contributed by atoms with Crippen molar-refractivity contribution in [2.45, 2.75) is 32.0 Å². The first-order chi connectivity index (χ1) is 17.0. The fourth-order valence-electron chi connectivity index (χ4n) is 4.30. The number of hydrogen-bond donors (Lipinski definition) is 1. The number of carbonyl (C=O) groups is 1. The van der Waals surface area contributed by atoms with Crippen molar-refractivity contribution in [3.05, 3.63) is 76.1 Å². The first kappa shape index (κ1) is 25.4. The first-order valence-electron chi connectivity index (χ1n) is 11.8. The molecule has 0 radical (unpaired) electrons. The van der Waals surface area contributed by atoms with E-state index in [1.807, 2.05) is 34.2 Å². The summed E-state index contributed by atoms with van der Waals surface area (Å²) in [5.41, 5.74) is 1.07. The number of rotatable bonds is 12. The number of fused-ring (bicyclic) bond motifs is 1. The number of carbonyl (C=O) groups excluding carboxylic acids is 1. The van der Waals surface area contributed by atoms with Gasteiger partial charge < -0.3 is 23.9 Å². The van der Waals surface area contributed by atoms with Crippen LogP contribution in [0.3, 0.4) is 0 Å². The van der Waals surface area contributed by atoms with E-state index in [2.05, 4.69) is 0 Å². The maximum absolute atomic E-state index is 13.6. The summed E-state index contributed by atoms with van der Waals surface area (Å²) in [7, 11) is 0. The van der Waals surface area contributed by atoms with E-state index < -0.39 is 6.10 Å². The van der Waals surface area contributed by atoms with Gasteiger partial charge in [-0.1, -0.05) is 6.07 Å². The normalized spacial score (nSPS) is 16.3. The number of aliphatic hydroxyl groups is 1. The van der Waals surface area contributed by atoms with Gasteiger partial charge in [0.05, 0.1) is 38.1 Å². The van der Waals surface area contributed by atoms with Crippen molar-refractivity contribution in [2.24, 2.45) is 0 Å². The van der Waals surface area contributed by atoms with Crippen LogP contribution < -0.4 is 4.74 Å². The molecule has 35 heavy (non-hydrogen) atoms. The number of furan rings is 1. The van der Waals surface area contributed by atoms with Gasteiger partial charge in [0.1, 0.15) is 23.9 Å². The Labute approximate surface area is 208 Å². The minimum absolute atomic E-state index is 0.0649. The second kappa shape index (κ2) is 12.3. The lowest BCUT2D eigenvalue weighted by Gasteiger charge is -2.37. The van der Waals surface area contributed by atoms with Crippen LogP contribution in [0, 0.1) is 5.82 Å². The Morgan fingerprint density at radius 2 is 2.23 bits per heavy atom. The third-order valence-electron chi connectivity index (χ3n) is 5.92. The van der Waals surface area contributed by atoms with Crippen molar-refractivity contribution in [3.63, 3.8) is 0 Å². The van der Waals surface area contributed by atoms with E-state index >= 15 is 0 Å². The molecule has 0 spiro atoms. The van der Waals surface area contributed by atoms with Gasteiger partial charge in [0, 0.05) is 30.6 Å². The molecule has 1 aliphatic heterocycles. The Balaban J connectivity index is 1.47. The van der Waals surface area contributed by atoms with Crippen LogP contribution in [0.4, 0.5) is 4.39 Å². The molecule has 1 aliphatic rings. The molecule has 7 nitrogen and oxygen atoms in total. The second-order valence-corrected chi connectivity index (χ2v) is 9.48. The van der Waals surface area contributed by atoms with Crippen LogP contribution in [0.15, 0.2) is 58.5 Å². The molecule has 9 heteroatoms. The molecule has 4 rings (SSSR count). The third kappa shape index (κ3) is 6.91. The topological polar surface area (TPSA) is 75.4 Å². The Bertz CT molecular complexity index is 1070. The Morgan fingerprint density at radius 1 is 1.34 bits per heavy atom. The molecule has 1 amide bonds. The number of aliphatic hydroxyl groups excluding tert-OH is 1. The van der Waals surface area contributed by atoms with Gasteiger partial charge in [-0.2, -0.15) is 0 Å². The summed E-state index contributed by atoms with van der Waals surface area (Å²) in [4.78, 5) is 18.5. The van der Waals surface area contributed by atoms with Gasteiger partial charge in [0.25, 0.3) is 0 Å². The van der Waals surface area contributed by atoms with Gasteiger partial charge in [-0.25, -0.2) is 4.39 Å². The average Bonchev–Trinajstić information content (AvgIpc) is 3.53. The van der Waals surface area contributed by atoms with Crippen LogP contribution in [0.1, 0.15) is 29.2 Å². The number of thiophene rings is 1. The lowest BCUT2D eigenvalue weighted by Crippen LogP contribution is -2.47. The molecule has 3 heterocycles. The SMILES string of the molecule is CCOCC(O)CN(CC(=O)N1CCc2sccc2C1COc1cccc(F)c1)Cc1ccco1. The smallest absolute Gasteiger partial charge is 0.237 e. The predicted molar refractivity (Wildman–Crippen MR) is 131 cm³/mol. The summed E-state index contributed by atoms with van der Waals surface area (Å²) in [5, 5.41) is 12.4. The zero-order valence-corrected chi connectivity index (χ0v) is 20.6. The molecule has 0 saturated heterocycles. The predicted octanol–water partition coefficient (Wildman–Crippen LogP) is 3.88. The molecule has 0 bridgehead atoms. The molecule has 2 atom stereocenters. The summed E-state index contributed by atoms with van der Waals surface area (Å²) < 4.78 is 30.4. The first-order valence-corrected chi connectivity index (χ1v) is 12.7. The van der Waals surface area contributed by atoms with Crippen LogP contribution >= 0.6 is 11.3 Å². The summed E-state index contributed by atoms with van der Waals surface area (Å²) in [6.45, 7) is 4.16. The lowest BCUT2D eigenvalue weighted by molar-refractivity contribution is -0.136. The van der Waals surface area contributed by atoms with E-state index in [0.717, 1.165) is 12.0 Å². The van der Waals surface area contributed by atoms with Gasteiger partial charge in [0.15, 0.2) is 0 Å². The summed E-state index contributed by atoms with van der Waals surface area (Å²) >= 11 is 1.68. The third-order valence-corrected chi connectivity index (χ3v) is 6.92. The van der Waals surface area contributed by atoms with E-state index in [1.165, 1.54) is 17.0 Å². The van der Waals surface area contributed by atoms with Crippen LogP contribution in [-0.4, -0.2) is 66.4 Å². The maximum Gasteiger partial charge on any atom is 0.237 e. The van der Waals surface area contributed by atoms with Crippen molar-refractivity contribution in [1.82, 2.24) is 9.80 Å². The minimum atomic E-state index is -0.727. The van der Waals surface area contributed by atoms with Crippen LogP contribution in [0.5, 0.6) is 5.75 Å². The van der Waals surface area contributed by atoms with E-state index in [0.29, 0.717) is 31.2 Å². The molecule has 3 aromatic rings. The highest BCUT2D eigenvalue weighted by molar-refractivity contribution is 7.10. The highest BCUT2D eigenvalue weighted by atomic mass is 32.1. The molecule has 2 unspecified atom stereocenters. The fraction of sp³-hybridized carbons (Fsp3) is 0.423. The van der Waals surface area contributed by atoms with E-state index in [4.69, 9.17) is 13.9 Å². The maximum atomic E-state index is 13.6. The van der Waals surface area contributed by atoms with E-state index in [1.54, 1.807) is 35.8 Å². The Morgan fingerprint density at radius 3 is 3.00 bits per heavy atom. The molecule has 1 N–H and O–H groups in total. The molecule has 188 valence electrons. The van der Waals surface area contributed by atoms with Gasteiger partial charge in [0.2, 0.25) is 5.91 Å². The zero-order valence-electron chi connectivity index (χ0n) is 19.8. The molecule has 0 fully saturated rings. The van der Waals surface area contributed by atoms with Crippen molar-refractivity contribution >= 4 is 17.2 Å². The van der Waals surface area contributed by atoms with E-state index in [9.17, 15) is 14.3 Å². The number of ether oxygens (including phenoxy) is 2. The standard InChI is InChI=1S/C26H31FN2O5S/c1-2-32-17-20(30)14-28(15-22-7-4-11-33-22)16-26(31)29-10-8-25-23(9-12-35-25)24(29)18-34-21-6-3-5-19(27)13-21/h3-7,9,11-13,20,24,30H,2,8,10,14-18H2,1H3. The van der Waals surface area contributed by atoms with Gasteiger partial charge >= 0.3 is 0 Å². The molecule has 2 aromatic heterocycles. The molecular formula is C26H31FN2O5S. The summed E-state index contributed by atoms with van der Waals surface area (Å²) in [6, 6.07) is 11.4. The van der Waals surface area contributed by atoms with E-state index in [-0.39, 0.29) is 44.1 Å². The average molecular weight is 503 g/mol. The fourth-order valence-corrected chi connectivity index (χ4v) is 5.23. The van der Waals surface area contributed by atoms with Gasteiger partial charge in [-0.05, 0) is 54.6 Å². The Kier molecular flexibility index (Phi) is 8.92. The lowest BCUT2D eigenvalue weighted by atomic mass is 10.0. The Hall–Kier alpha value is -2.72. The summed E-state index contributed by atoms with van der Waals surface area (Å²) in [6.07, 6.45) is 1.64. The van der Waals surface area contributed by atoms with Crippen LogP contribution in [-0.2, 0) is 22.5 Å². The van der Waals surface area contributed by atoms with Crippen molar-refractivity contribution in [3.8, 4) is 5.75 Å². The van der Waals surface area contributed by atoms with Crippen molar-refractivity contribution in [2.75, 3.05) is 39.5 Å². The van der Waals surface area contributed by atoms with Crippen molar-refractivity contribution < 1.29 is 28.2 Å². The number of hydrogen-bond acceptors (Lipinski definition) is 7. The number of amides is 1. The van der Waals surface area contributed by atoms with Gasteiger partial charge in [-0.15, -0.1) is 11.3 Å². The van der Waals surface area contributed by atoms with Gasteiger partial charge in [-0.3, -0.25) is 9.69 Å². The molecular weight excluding hydrogens is 471 g/mol. The summed E-state index contributed by atoms with van der Waals surface area (Å²) in [5.74, 6) is 0.712. The van der Waals surface area contributed by atoms with Crippen molar-refractivity contribution in [1.29, 1.82) is 0 Å².